The van der Waals surface area contributed by atoms with Gasteiger partial charge < -0.3 is 9.47 Å². The second-order valence-corrected chi connectivity index (χ2v) is 3.54. The number of aryl methyl sites for hydroxylation is 1. The van der Waals surface area contributed by atoms with Crippen molar-refractivity contribution in [3.05, 3.63) is 23.3 Å². The third kappa shape index (κ3) is 2.75. The Morgan fingerprint density at radius 1 is 1.12 bits per heavy atom. The van der Waals surface area contributed by atoms with E-state index in [1.165, 1.54) is 0 Å². The zero-order chi connectivity index (χ0) is 12.1. The summed E-state index contributed by atoms with van der Waals surface area (Å²) in [6.45, 7) is 8.42. The van der Waals surface area contributed by atoms with E-state index in [1.54, 1.807) is 13.0 Å². The molecule has 0 spiro atoms. The molecule has 0 aliphatic heterocycles. The Balaban J connectivity index is 3.19. The van der Waals surface area contributed by atoms with Gasteiger partial charge in [-0.25, -0.2) is 0 Å². The van der Waals surface area contributed by atoms with Gasteiger partial charge in [0.15, 0.2) is 17.3 Å². The number of benzene rings is 1. The first-order valence-electron chi connectivity index (χ1n) is 5.51. The minimum Gasteiger partial charge on any atom is -0.490 e. The van der Waals surface area contributed by atoms with Crippen molar-refractivity contribution in [2.75, 3.05) is 13.2 Å². The lowest BCUT2D eigenvalue weighted by Gasteiger charge is -2.13. The van der Waals surface area contributed by atoms with Crippen molar-refractivity contribution >= 4 is 5.78 Å². The fourth-order valence-electron chi connectivity index (χ4n) is 1.58. The number of rotatable bonds is 5. The molecule has 1 aromatic rings. The summed E-state index contributed by atoms with van der Waals surface area (Å²) in [6, 6.07) is 3.61. The van der Waals surface area contributed by atoms with Gasteiger partial charge in [-0.3, -0.25) is 4.79 Å². The summed E-state index contributed by atoms with van der Waals surface area (Å²) in [4.78, 5) is 11.4. The van der Waals surface area contributed by atoms with Crippen molar-refractivity contribution in [1.29, 1.82) is 0 Å². The molecule has 0 aliphatic rings. The smallest absolute Gasteiger partial charge is 0.161 e. The molecule has 16 heavy (non-hydrogen) atoms. The number of ketones is 1. The average molecular weight is 222 g/mol. The van der Waals surface area contributed by atoms with Crippen LogP contribution in [-0.2, 0) is 0 Å². The van der Waals surface area contributed by atoms with Crippen LogP contribution in [0.1, 0.15) is 36.7 Å². The van der Waals surface area contributed by atoms with E-state index in [0.29, 0.717) is 30.3 Å². The minimum absolute atomic E-state index is 0.0431. The Bertz CT molecular complexity index is 383. The molecular weight excluding hydrogens is 204 g/mol. The Kier molecular flexibility index (Phi) is 4.35. The van der Waals surface area contributed by atoms with Crippen LogP contribution in [0.25, 0.3) is 0 Å². The van der Waals surface area contributed by atoms with Crippen molar-refractivity contribution in [2.45, 2.75) is 27.7 Å². The van der Waals surface area contributed by atoms with Crippen LogP contribution in [0.15, 0.2) is 12.1 Å². The number of carbonyl (C=O) groups is 1. The molecule has 0 unspecified atom stereocenters. The first kappa shape index (κ1) is 12.6. The van der Waals surface area contributed by atoms with E-state index in [2.05, 4.69) is 0 Å². The van der Waals surface area contributed by atoms with Gasteiger partial charge in [-0.05, 0) is 45.4 Å². The normalized spacial score (nSPS) is 10.0. The lowest BCUT2D eigenvalue weighted by molar-refractivity contribution is 0.101. The number of hydrogen-bond acceptors (Lipinski definition) is 3. The summed E-state index contributed by atoms with van der Waals surface area (Å²) < 4.78 is 10.9. The van der Waals surface area contributed by atoms with E-state index in [0.717, 1.165) is 5.56 Å². The standard InChI is InChI=1S/C13H18O3/c1-5-15-12-7-9(3)11(10(4)14)8-13(12)16-6-2/h7-8H,5-6H2,1-4H3. The highest BCUT2D eigenvalue weighted by atomic mass is 16.5. The van der Waals surface area contributed by atoms with Crippen molar-refractivity contribution in [2.24, 2.45) is 0 Å². The molecule has 0 N–H and O–H groups in total. The molecule has 0 bridgehead atoms. The predicted octanol–water partition coefficient (Wildman–Crippen LogP) is 3.00. The van der Waals surface area contributed by atoms with Gasteiger partial charge in [-0.15, -0.1) is 0 Å². The van der Waals surface area contributed by atoms with E-state index in [-0.39, 0.29) is 5.78 Å². The molecule has 0 aliphatic carbocycles. The number of hydrogen-bond donors (Lipinski definition) is 0. The third-order valence-corrected chi connectivity index (χ3v) is 2.27. The van der Waals surface area contributed by atoms with E-state index in [9.17, 15) is 4.79 Å². The topological polar surface area (TPSA) is 35.5 Å². The molecule has 0 amide bonds. The molecule has 1 rings (SSSR count). The molecule has 0 fully saturated rings. The molecule has 0 aromatic heterocycles. The number of Topliss-reactive ketones (excluding diaryl/α,β-unsaturated/α-hetero) is 1. The molecule has 0 saturated carbocycles. The maximum Gasteiger partial charge on any atom is 0.161 e. The zero-order valence-corrected chi connectivity index (χ0v) is 10.3. The zero-order valence-electron chi connectivity index (χ0n) is 10.3. The third-order valence-electron chi connectivity index (χ3n) is 2.27. The second-order valence-electron chi connectivity index (χ2n) is 3.54. The number of carbonyl (C=O) groups excluding carboxylic acids is 1. The predicted molar refractivity (Wildman–Crippen MR) is 63.5 cm³/mol. The SMILES string of the molecule is CCOc1cc(C)c(C(C)=O)cc1OCC. The lowest BCUT2D eigenvalue weighted by atomic mass is 10.0. The van der Waals surface area contributed by atoms with Crippen LogP contribution in [0.2, 0.25) is 0 Å². The Morgan fingerprint density at radius 3 is 2.06 bits per heavy atom. The van der Waals surface area contributed by atoms with Crippen molar-refractivity contribution in [3.8, 4) is 11.5 Å². The Hall–Kier alpha value is -1.51. The first-order chi connectivity index (χ1) is 7.60. The summed E-state index contributed by atoms with van der Waals surface area (Å²) in [5, 5.41) is 0. The van der Waals surface area contributed by atoms with Crippen molar-refractivity contribution in [3.63, 3.8) is 0 Å². The van der Waals surface area contributed by atoms with Gasteiger partial charge in [0.1, 0.15) is 0 Å². The number of ether oxygens (including phenoxy) is 2. The summed E-state index contributed by atoms with van der Waals surface area (Å²) in [5.74, 6) is 1.38. The Morgan fingerprint density at radius 2 is 1.62 bits per heavy atom. The van der Waals surface area contributed by atoms with Gasteiger partial charge in [-0.2, -0.15) is 0 Å². The molecule has 3 nitrogen and oxygen atoms in total. The van der Waals surface area contributed by atoms with Crippen LogP contribution in [0.3, 0.4) is 0 Å². The van der Waals surface area contributed by atoms with Gasteiger partial charge in [0.2, 0.25) is 0 Å². The van der Waals surface area contributed by atoms with Gasteiger partial charge in [-0.1, -0.05) is 0 Å². The minimum atomic E-state index is 0.0431. The van der Waals surface area contributed by atoms with Crippen LogP contribution in [0.5, 0.6) is 11.5 Å². The lowest BCUT2D eigenvalue weighted by Crippen LogP contribution is -2.03. The monoisotopic (exact) mass is 222 g/mol. The Labute approximate surface area is 96.4 Å². The molecule has 0 atom stereocenters. The van der Waals surface area contributed by atoms with E-state index in [1.807, 2.05) is 26.8 Å². The van der Waals surface area contributed by atoms with Crippen LogP contribution >= 0.6 is 0 Å². The van der Waals surface area contributed by atoms with E-state index < -0.39 is 0 Å². The first-order valence-corrected chi connectivity index (χ1v) is 5.51. The van der Waals surface area contributed by atoms with E-state index >= 15 is 0 Å². The van der Waals surface area contributed by atoms with Gasteiger partial charge in [0.05, 0.1) is 13.2 Å². The fraction of sp³-hybridized carbons (Fsp3) is 0.462. The van der Waals surface area contributed by atoms with Crippen LogP contribution in [0, 0.1) is 6.92 Å². The quantitative estimate of drug-likeness (QED) is 0.718. The highest BCUT2D eigenvalue weighted by Crippen LogP contribution is 2.31. The van der Waals surface area contributed by atoms with Gasteiger partial charge in [0.25, 0.3) is 0 Å². The summed E-state index contributed by atoms with van der Waals surface area (Å²) in [5.41, 5.74) is 1.60. The maximum atomic E-state index is 11.4. The van der Waals surface area contributed by atoms with Crippen molar-refractivity contribution < 1.29 is 14.3 Å². The summed E-state index contributed by atoms with van der Waals surface area (Å²) in [7, 11) is 0. The second kappa shape index (κ2) is 5.54. The summed E-state index contributed by atoms with van der Waals surface area (Å²) in [6.07, 6.45) is 0. The maximum absolute atomic E-state index is 11.4. The molecular formula is C13H18O3. The highest BCUT2D eigenvalue weighted by molar-refractivity contribution is 5.96. The van der Waals surface area contributed by atoms with Crippen LogP contribution in [0.4, 0.5) is 0 Å². The van der Waals surface area contributed by atoms with E-state index in [4.69, 9.17) is 9.47 Å². The fourth-order valence-corrected chi connectivity index (χ4v) is 1.58. The molecule has 88 valence electrons. The summed E-state index contributed by atoms with van der Waals surface area (Å²) >= 11 is 0. The molecule has 0 saturated heterocycles. The van der Waals surface area contributed by atoms with Crippen LogP contribution < -0.4 is 9.47 Å². The van der Waals surface area contributed by atoms with Crippen molar-refractivity contribution in [1.82, 2.24) is 0 Å². The molecule has 0 radical (unpaired) electrons. The molecule has 1 aromatic carbocycles. The molecule has 0 heterocycles. The largest absolute Gasteiger partial charge is 0.490 e. The molecule has 3 heteroatoms. The van der Waals surface area contributed by atoms with Gasteiger partial charge >= 0.3 is 0 Å². The van der Waals surface area contributed by atoms with Gasteiger partial charge in [0, 0.05) is 5.56 Å². The highest BCUT2D eigenvalue weighted by Gasteiger charge is 2.11. The average Bonchev–Trinajstić information content (AvgIpc) is 2.22. The van der Waals surface area contributed by atoms with Crippen LogP contribution in [-0.4, -0.2) is 19.0 Å².